The number of nitrogens with one attached hydrogen (secondary N) is 1. The molecule has 0 saturated carbocycles. The fraction of sp³-hybridized carbons (Fsp3) is 0.480. The number of piperidine rings is 1. The number of H-pyrrole nitrogens is 1. The number of fused-ring (bicyclic) bond motifs is 2. The third-order valence-electron chi connectivity index (χ3n) is 7.00. The van der Waals surface area contributed by atoms with Crippen LogP contribution in [0.4, 0.5) is 8.78 Å². The van der Waals surface area contributed by atoms with Crippen molar-refractivity contribution in [2.24, 2.45) is 0 Å². The molecule has 3 aliphatic heterocycles. The Morgan fingerprint density at radius 3 is 2.61 bits per heavy atom. The van der Waals surface area contributed by atoms with Gasteiger partial charge in [0, 0.05) is 18.7 Å². The highest BCUT2D eigenvalue weighted by Crippen LogP contribution is 2.32. The number of halogens is 3. The Hall–Kier alpha value is -3.06. The summed E-state index contributed by atoms with van der Waals surface area (Å²) >= 11 is 6.29. The Bertz CT molecular complexity index is 1340. The first kappa shape index (κ1) is 25.2. The summed E-state index contributed by atoms with van der Waals surface area (Å²) in [6.45, 7) is 1.05. The quantitative estimate of drug-likeness (QED) is 0.481. The summed E-state index contributed by atoms with van der Waals surface area (Å²) in [6, 6.07) is 3.71. The highest BCUT2D eigenvalue weighted by atomic mass is 35.5. The van der Waals surface area contributed by atoms with Gasteiger partial charge in [-0.15, -0.1) is 0 Å². The molecule has 3 fully saturated rings. The molecule has 0 spiro atoms. The van der Waals surface area contributed by atoms with E-state index in [9.17, 15) is 18.7 Å². The molecule has 2 aromatic heterocycles. The number of carbonyl (C=O) groups is 1. The van der Waals surface area contributed by atoms with Crippen molar-refractivity contribution in [2.45, 2.75) is 50.3 Å². The summed E-state index contributed by atoms with van der Waals surface area (Å²) in [7, 11) is 0. The van der Waals surface area contributed by atoms with Gasteiger partial charge in [0.15, 0.2) is 11.8 Å². The van der Waals surface area contributed by atoms with Crippen molar-refractivity contribution in [1.29, 1.82) is 0 Å². The van der Waals surface area contributed by atoms with Crippen LogP contribution in [0.15, 0.2) is 18.2 Å². The zero-order valence-corrected chi connectivity index (χ0v) is 20.9. The predicted molar refractivity (Wildman–Crippen MR) is 129 cm³/mol. The average Bonchev–Trinajstić information content (AvgIpc) is 3.60. The third kappa shape index (κ3) is 4.77. The number of likely N-dealkylation sites (tertiary alicyclic amines) is 1. The Kier molecular flexibility index (Phi) is 6.81. The fourth-order valence-electron chi connectivity index (χ4n) is 5.01. The van der Waals surface area contributed by atoms with Gasteiger partial charge < -0.3 is 33.9 Å². The molecule has 4 atom stereocenters. The predicted octanol–water partition coefficient (Wildman–Crippen LogP) is 3.00. The first-order chi connectivity index (χ1) is 18.4. The molecular weight excluding hydrogens is 526 g/mol. The van der Waals surface area contributed by atoms with Crippen molar-refractivity contribution in [3.63, 3.8) is 0 Å². The summed E-state index contributed by atoms with van der Waals surface area (Å²) in [5, 5.41) is 9.98. The van der Waals surface area contributed by atoms with Crippen LogP contribution in [-0.2, 0) is 16.1 Å². The number of aromatic amines is 1. The summed E-state index contributed by atoms with van der Waals surface area (Å²) in [4.78, 5) is 25.7. The number of rotatable bonds is 6. The second kappa shape index (κ2) is 10.3. The summed E-state index contributed by atoms with van der Waals surface area (Å²) in [5.41, 5.74) is 0.284. The first-order valence-corrected chi connectivity index (χ1v) is 12.8. The molecule has 1 amide bonds. The Morgan fingerprint density at radius 2 is 1.84 bits per heavy atom. The second-order valence-corrected chi connectivity index (χ2v) is 9.98. The van der Waals surface area contributed by atoms with Gasteiger partial charge in [0.05, 0.1) is 24.3 Å². The van der Waals surface area contributed by atoms with E-state index in [1.165, 1.54) is 6.07 Å². The fourth-order valence-corrected chi connectivity index (χ4v) is 5.22. The number of carbonyl (C=O) groups excluding carboxylic acids is 1. The van der Waals surface area contributed by atoms with Gasteiger partial charge in [-0.05, 0) is 37.5 Å². The SMILES string of the molecule is O=C(c1cc(F)c(COc2nc3nc(O[C@@H]4COC5C4OC[C@H]5O)[nH]c3cc2Cl)c(F)c1)N1CCCCC1. The lowest BCUT2D eigenvalue weighted by atomic mass is 10.1. The molecule has 38 heavy (non-hydrogen) atoms. The van der Waals surface area contributed by atoms with Crippen LogP contribution in [0.1, 0.15) is 35.2 Å². The van der Waals surface area contributed by atoms with Gasteiger partial charge in [0.1, 0.15) is 41.6 Å². The van der Waals surface area contributed by atoms with Gasteiger partial charge in [0.25, 0.3) is 11.9 Å². The van der Waals surface area contributed by atoms with Crippen LogP contribution in [0, 0.1) is 11.6 Å². The van der Waals surface area contributed by atoms with E-state index in [1.807, 2.05) is 0 Å². The topological polar surface area (TPSA) is 119 Å². The molecule has 2 unspecified atom stereocenters. The molecular formula is C25H25ClF2N4O6. The summed E-state index contributed by atoms with van der Waals surface area (Å²) in [5.74, 6) is -2.25. The van der Waals surface area contributed by atoms with Gasteiger partial charge in [-0.2, -0.15) is 9.97 Å². The molecule has 3 aromatic rings. The molecule has 0 aliphatic carbocycles. The van der Waals surface area contributed by atoms with Gasteiger partial charge in [-0.3, -0.25) is 4.79 Å². The molecule has 202 valence electrons. The normalized spacial score (nSPS) is 25.1. The zero-order chi connectivity index (χ0) is 26.4. The molecule has 3 saturated heterocycles. The molecule has 10 nitrogen and oxygen atoms in total. The summed E-state index contributed by atoms with van der Waals surface area (Å²) < 4.78 is 52.1. The maximum absolute atomic E-state index is 14.8. The highest BCUT2D eigenvalue weighted by Gasteiger charge is 2.48. The van der Waals surface area contributed by atoms with E-state index in [0.29, 0.717) is 18.6 Å². The number of ether oxygens (including phenoxy) is 4. The third-order valence-corrected chi connectivity index (χ3v) is 7.27. The maximum Gasteiger partial charge on any atom is 0.296 e. The van der Waals surface area contributed by atoms with Crippen LogP contribution in [0.2, 0.25) is 5.02 Å². The van der Waals surface area contributed by atoms with E-state index in [-0.39, 0.29) is 46.9 Å². The van der Waals surface area contributed by atoms with Gasteiger partial charge >= 0.3 is 0 Å². The molecule has 2 N–H and O–H groups in total. The van der Waals surface area contributed by atoms with Crippen LogP contribution in [0.5, 0.6) is 11.9 Å². The van der Waals surface area contributed by atoms with E-state index < -0.39 is 48.6 Å². The largest absolute Gasteiger partial charge is 0.471 e. The molecule has 5 heterocycles. The zero-order valence-electron chi connectivity index (χ0n) is 20.2. The minimum Gasteiger partial charge on any atom is -0.471 e. The molecule has 0 radical (unpaired) electrons. The van der Waals surface area contributed by atoms with Crippen molar-refractivity contribution in [1.82, 2.24) is 19.9 Å². The summed E-state index contributed by atoms with van der Waals surface area (Å²) in [6.07, 6.45) is 0.742. The molecule has 3 aliphatic rings. The smallest absolute Gasteiger partial charge is 0.296 e. The van der Waals surface area contributed by atoms with Crippen LogP contribution >= 0.6 is 11.6 Å². The standard InChI is InChI=1S/C25H25ClF2N4O6/c26-14-8-17-22(31-25(29-17)38-19-11-36-20-18(33)10-35-21(19)20)30-23(14)37-9-13-15(27)6-12(7-16(13)28)24(34)32-4-2-1-3-5-32/h6-8,18-21,33H,1-5,9-11H2,(H,29,30,31)/t18-,19-,20?,21?/m1/s1. The number of hydrogen-bond acceptors (Lipinski definition) is 8. The number of aromatic nitrogens is 3. The Morgan fingerprint density at radius 1 is 1.11 bits per heavy atom. The van der Waals surface area contributed by atoms with Crippen LogP contribution < -0.4 is 9.47 Å². The van der Waals surface area contributed by atoms with Crippen LogP contribution in [0.3, 0.4) is 0 Å². The van der Waals surface area contributed by atoms with Crippen molar-refractivity contribution < 1.29 is 37.6 Å². The maximum atomic E-state index is 14.8. The lowest BCUT2D eigenvalue weighted by molar-refractivity contribution is 0.00706. The van der Waals surface area contributed by atoms with Crippen molar-refractivity contribution >= 4 is 28.7 Å². The Balaban J connectivity index is 1.15. The average molecular weight is 551 g/mol. The number of nitrogens with zero attached hydrogens (tertiary/aromatic N) is 3. The van der Waals surface area contributed by atoms with Crippen molar-refractivity contribution in [3.05, 3.63) is 46.0 Å². The minimum atomic E-state index is -0.894. The highest BCUT2D eigenvalue weighted by molar-refractivity contribution is 6.32. The first-order valence-electron chi connectivity index (χ1n) is 12.4. The van der Waals surface area contributed by atoms with Gasteiger partial charge in [0.2, 0.25) is 5.88 Å². The van der Waals surface area contributed by atoms with Gasteiger partial charge in [-0.1, -0.05) is 11.6 Å². The van der Waals surface area contributed by atoms with Gasteiger partial charge in [-0.25, -0.2) is 8.78 Å². The number of amides is 1. The van der Waals surface area contributed by atoms with E-state index in [1.54, 1.807) is 4.90 Å². The number of benzene rings is 1. The number of pyridine rings is 1. The van der Waals surface area contributed by atoms with E-state index in [0.717, 1.165) is 31.4 Å². The number of hydrogen-bond donors (Lipinski definition) is 2. The second-order valence-electron chi connectivity index (χ2n) is 9.57. The van der Waals surface area contributed by atoms with Crippen molar-refractivity contribution in [2.75, 3.05) is 26.3 Å². The number of aliphatic hydroxyl groups is 1. The number of imidazole rings is 1. The van der Waals surface area contributed by atoms with Crippen LogP contribution in [0.25, 0.3) is 11.2 Å². The van der Waals surface area contributed by atoms with E-state index in [4.69, 9.17) is 30.5 Å². The van der Waals surface area contributed by atoms with Crippen molar-refractivity contribution in [3.8, 4) is 11.9 Å². The molecule has 1 aromatic carbocycles. The lowest BCUT2D eigenvalue weighted by Crippen LogP contribution is -2.35. The van der Waals surface area contributed by atoms with E-state index >= 15 is 0 Å². The Labute approximate surface area is 220 Å². The molecule has 6 rings (SSSR count). The van der Waals surface area contributed by atoms with E-state index in [2.05, 4.69) is 15.0 Å². The molecule has 13 heteroatoms. The minimum absolute atomic E-state index is 0.0382. The van der Waals surface area contributed by atoms with Crippen LogP contribution in [-0.4, -0.2) is 81.6 Å². The number of aliphatic hydroxyl groups excluding tert-OH is 1. The lowest BCUT2D eigenvalue weighted by Gasteiger charge is -2.26. The monoisotopic (exact) mass is 550 g/mol. The molecule has 0 bridgehead atoms.